The van der Waals surface area contributed by atoms with Gasteiger partial charge in [-0.2, -0.15) is 0 Å². The molecule has 1 amide bonds. The standard InChI is InChI=1S/C20H23N7O/c1-13(19-26-22-12-27(19)2)23-18-15-10-11-21-20(28)17(15)24-16(25-18)9-8-14-6-4-3-5-7-14/h3-7,12-13H,8-11H2,1-2H3,(H,21,28)(H,23,24,25). The maximum absolute atomic E-state index is 12.4. The van der Waals surface area contributed by atoms with Gasteiger partial charge in [0.2, 0.25) is 0 Å². The fourth-order valence-electron chi connectivity index (χ4n) is 3.43. The van der Waals surface area contributed by atoms with E-state index in [0.717, 1.165) is 17.8 Å². The van der Waals surface area contributed by atoms with E-state index >= 15 is 0 Å². The molecule has 2 N–H and O–H groups in total. The van der Waals surface area contributed by atoms with Crippen molar-refractivity contribution in [2.45, 2.75) is 32.2 Å². The van der Waals surface area contributed by atoms with Gasteiger partial charge in [-0.3, -0.25) is 4.79 Å². The first-order chi connectivity index (χ1) is 13.6. The van der Waals surface area contributed by atoms with E-state index in [9.17, 15) is 4.79 Å². The molecule has 0 saturated carbocycles. The summed E-state index contributed by atoms with van der Waals surface area (Å²) in [6.07, 6.45) is 3.85. The highest BCUT2D eigenvalue weighted by Gasteiger charge is 2.25. The van der Waals surface area contributed by atoms with Crippen molar-refractivity contribution in [1.29, 1.82) is 0 Å². The van der Waals surface area contributed by atoms with Crippen molar-refractivity contribution in [3.63, 3.8) is 0 Å². The molecule has 2 aromatic heterocycles. The first-order valence-electron chi connectivity index (χ1n) is 9.44. The molecule has 8 heteroatoms. The van der Waals surface area contributed by atoms with Gasteiger partial charge in [-0.1, -0.05) is 30.3 Å². The molecule has 1 aliphatic rings. The number of hydrogen-bond acceptors (Lipinski definition) is 6. The lowest BCUT2D eigenvalue weighted by Crippen LogP contribution is -2.34. The summed E-state index contributed by atoms with van der Waals surface area (Å²) in [6, 6.07) is 10.1. The molecule has 0 spiro atoms. The molecule has 1 unspecified atom stereocenters. The van der Waals surface area contributed by atoms with Crippen molar-refractivity contribution in [3.05, 3.63) is 65.1 Å². The van der Waals surface area contributed by atoms with Crippen LogP contribution in [0.4, 0.5) is 5.82 Å². The molecule has 0 radical (unpaired) electrons. The van der Waals surface area contributed by atoms with Crippen molar-refractivity contribution < 1.29 is 4.79 Å². The monoisotopic (exact) mass is 377 g/mol. The highest BCUT2D eigenvalue weighted by atomic mass is 16.1. The molecule has 4 rings (SSSR count). The molecular formula is C20H23N7O. The van der Waals surface area contributed by atoms with Gasteiger partial charge in [0.05, 0.1) is 6.04 Å². The number of rotatable bonds is 6. The molecule has 0 saturated heterocycles. The van der Waals surface area contributed by atoms with Crippen LogP contribution in [0.1, 0.15) is 46.2 Å². The van der Waals surface area contributed by atoms with Crippen molar-refractivity contribution in [2.24, 2.45) is 7.05 Å². The zero-order valence-corrected chi connectivity index (χ0v) is 16.0. The van der Waals surface area contributed by atoms with Gasteiger partial charge >= 0.3 is 0 Å². The third-order valence-corrected chi connectivity index (χ3v) is 4.90. The molecule has 1 aromatic carbocycles. The van der Waals surface area contributed by atoms with E-state index in [-0.39, 0.29) is 11.9 Å². The highest BCUT2D eigenvalue weighted by molar-refractivity contribution is 5.96. The Bertz CT molecular complexity index is 983. The minimum atomic E-state index is -0.140. The number of hydrogen-bond donors (Lipinski definition) is 2. The second kappa shape index (κ2) is 7.75. The Morgan fingerprint density at radius 1 is 1.21 bits per heavy atom. The van der Waals surface area contributed by atoms with Crippen LogP contribution in [0, 0.1) is 0 Å². The van der Waals surface area contributed by atoms with Crippen LogP contribution in [0.5, 0.6) is 0 Å². The molecule has 1 aliphatic heterocycles. The Morgan fingerprint density at radius 3 is 2.79 bits per heavy atom. The molecule has 144 valence electrons. The first kappa shape index (κ1) is 18.1. The minimum Gasteiger partial charge on any atom is -0.360 e. The van der Waals surface area contributed by atoms with Crippen molar-refractivity contribution in [1.82, 2.24) is 30.0 Å². The zero-order valence-electron chi connectivity index (χ0n) is 16.0. The average Bonchev–Trinajstić information content (AvgIpc) is 3.14. The molecule has 0 bridgehead atoms. The number of carbonyl (C=O) groups is 1. The Labute approximate surface area is 163 Å². The fourth-order valence-corrected chi connectivity index (χ4v) is 3.43. The third kappa shape index (κ3) is 3.71. The van der Waals surface area contributed by atoms with E-state index in [4.69, 9.17) is 4.98 Å². The number of amides is 1. The summed E-state index contributed by atoms with van der Waals surface area (Å²) < 4.78 is 1.87. The maximum Gasteiger partial charge on any atom is 0.270 e. The Kier molecular flexibility index (Phi) is 5.01. The van der Waals surface area contributed by atoms with E-state index in [1.54, 1.807) is 6.33 Å². The molecular weight excluding hydrogens is 354 g/mol. The maximum atomic E-state index is 12.4. The normalized spacial score (nSPS) is 14.3. The predicted octanol–water partition coefficient (Wildman–Crippen LogP) is 1.85. The summed E-state index contributed by atoms with van der Waals surface area (Å²) in [6.45, 7) is 2.59. The van der Waals surface area contributed by atoms with Crippen LogP contribution >= 0.6 is 0 Å². The van der Waals surface area contributed by atoms with Crippen LogP contribution in [0.15, 0.2) is 36.7 Å². The molecule has 3 heterocycles. The van der Waals surface area contributed by atoms with E-state index < -0.39 is 0 Å². The van der Waals surface area contributed by atoms with Gasteiger partial charge in [0.25, 0.3) is 5.91 Å². The summed E-state index contributed by atoms with van der Waals surface area (Å²) in [4.78, 5) is 21.7. The Morgan fingerprint density at radius 2 is 2.04 bits per heavy atom. The third-order valence-electron chi connectivity index (χ3n) is 4.90. The van der Waals surface area contributed by atoms with Crippen molar-refractivity contribution in [3.8, 4) is 0 Å². The van der Waals surface area contributed by atoms with Crippen LogP contribution in [0.2, 0.25) is 0 Å². The molecule has 28 heavy (non-hydrogen) atoms. The summed E-state index contributed by atoms with van der Waals surface area (Å²) in [7, 11) is 1.90. The van der Waals surface area contributed by atoms with Crippen LogP contribution < -0.4 is 10.6 Å². The number of aryl methyl sites for hydroxylation is 3. The average molecular weight is 377 g/mol. The Balaban J connectivity index is 1.63. The van der Waals surface area contributed by atoms with Crippen LogP contribution in [0.25, 0.3) is 0 Å². The molecule has 8 nitrogen and oxygen atoms in total. The van der Waals surface area contributed by atoms with E-state index in [1.165, 1.54) is 5.56 Å². The van der Waals surface area contributed by atoms with Crippen LogP contribution in [0.3, 0.4) is 0 Å². The lowest BCUT2D eigenvalue weighted by Gasteiger charge is -2.22. The van der Waals surface area contributed by atoms with Gasteiger partial charge in [-0.05, 0) is 25.3 Å². The number of anilines is 1. The molecule has 0 aliphatic carbocycles. The summed E-state index contributed by atoms with van der Waals surface area (Å²) in [5, 5.41) is 14.4. The van der Waals surface area contributed by atoms with E-state index in [2.05, 4.69) is 37.9 Å². The second-order valence-electron chi connectivity index (χ2n) is 6.97. The molecule has 0 fully saturated rings. The summed E-state index contributed by atoms with van der Waals surface area (Å²) in [5.74, 6) is 2.03. The second-order valence-corrected chi connectivity index (χ2v) is 6.97. The van der Waals surface area contributed by atoms with E-state index in [0.29, 0.717) is 36.7 Å². The van der Waals surface area contributed by atoms with Gasteiger partial charge in [-0.25, -0.2) is 9.97 Å². The van der Waals surface area contributed by atoms with E-state index in [1.807, 2.05) is 36.7 Å². The molecule has 1 atom stereocenters. The topological polar surface area (TPSA) is 97.6 Å². The number of nitrogens with zero attached hydrogens (tertiary/aromatic N) is 5. The largest absolute Gasteiger partial charge is 0.360 e. The van der Waals surface area contributed by atoms with Gasteiger partial charge in [0, 0.05) is 25.6 Å². The number of fused-ring (bicyclic) bond motifs is 1. The SMILES string of the molecule is CC(Nc1nc(CCc2ccccc2)nc2c1CCNC2=O)c1nncn1C. The Hall–Kier alpha value is -3.29. The number of nitrogens with one attached hydrogen (secondary N) is 2. The lowest BCUT2D eigenvalue weighted by atomic mass is 10.0. The minimum absolute atomic E-state index is 0.0986. The molecule has 3 aromatic rings. The van der Waals surface area contributed by atoms with Crippen molar-refractivity contribution in [2.75, 3.05) is 11.9 Å². The smallest absolute Gasteiger partial charge is 0.270 e. The summed E-state index contributed by atoms with van der Waals surface area (Å²) in [5.41, 5.74) is 2.55. The predicted molar refractivity (Wildman–Crippen MR) is 105 cm³/mol. The van der Waals surface area contributed by atoms with Gasteiger partial charge in [0.15, 0.2) is 5.82 Å². The highest BCUT2D eigenvalue weighted by Crippen LogP contribution is 2.24. The van der Waals surface area contributed by atoms with Gasteiger partial charge < -0.3 is 15.2 Å². The quantitative estimate of drug-likeness (QED) is 0.680. The summed E-state index contributed by atoms with van der Waals surface area (Å²) >= 11 is 0. The number of carbonyl (C=O) groups excluding carboxylic acids is 1. The van der Waals surface area contributed by atoms with Crippen LogP contribution in [-0.2, 0) is 26.3 Å². The lowest BCUT2D eigenvalue weighted by molar-refractivity contribution is 0.0940. The first-order valence-corrected chi connectivity index (χ1v) is 9.44. The van der Waals surface area contributed by atoms with Gasteiger partial charge in [-0.15, -0.1) is 10.2 Å². The van der Waals surface area contributed by atoms with Crippen molar-refractivity contribution >= 4 is 11.7 Å². The number of aromatic nitrogens is 5. The van der Waals surface area contributed by atoms with Gasteiger partial charge in [0.1, 0.15) is 23.7 Å². The van der Waals surface area contributed by atoms with Crippen LogP contribution in [-0.4, -0.2) is 37.2 Å². The number of benzene rings is 1. The zero-order chi connectivity index (χ0) is 19.5. The fraction of sp³-hybridized carbons (Fsp3) is 0.350.